The molecule has 0 aliphatic rings. The van der Waals surface area contributed by atoms with Crippen molar-refractivity contribution in [2.24, 2.45) is 5.73 Å². The fourth-order valence-corrected chi connectivity index (χ4v) is 1.98. The molecule has 0 aromatic heterocycles. The van der Waals surface area contributed by atoms with Crippen LogP contribution in [-0.2, 0) is 10.1 Å². The molecule has 0 saturated carbocycles. The normalized spacial score (nSPS) is 10.9. The largest absolute Gasteiger partial charge is 0.395 e. The fraction of sp³-hybridized carbons (Fsp3) is 0.118. The SMILES string of the molecule is N=C(N)c1ccccc1C=Cc1ccccc1.O=S(=O)(O)CCO. The number of aliphatic hydroxyl groups excluding tert-OH is 1. The lowest BCUT2D eigenvalue weighted by Gasteiger charge is -2.02. The highest BCUT2D eigenvalue weighted by atomic mass is 32.2. The monoisotopic (exact) mass is 348 g/mol. The molecule has 0 aliphatic heterocycles. The Bertz CT molecular complexity index is 787. The van der Waals surface area contributed by atoms with Crippen LogP contribution in [0.25, 0.3) is 12.2 Å². The zero-order valence-corrected chi connectivity index (χ0v) is 13.8. The van der Waals surface area contributed by atoms with E-state index in [0.717, 1.165) is 16.7 Å². The highest BCUT2D eigenvalue weighted by molar-refractivity contribution is 7.85. The number of nitrogens with one attached hydrogen (secondary N) is 1. The first-order valence-corrected chi connectivity index (χ1v) is 8.67. The standard InChI is InChI=1S/C15H14N2.C2H6O4S/c16-15(17)14-9-5-4-8-13(14)11-10-12-6-2-1-3-7-12;3-1-2-7(4,5)6/h1-11H,(H3,16,17);3H,1-2H2,(H,4,5,6). The minimum Gasteiger partial charge on any atom is -0.395 e. The van der Waals surface area contributed by atoms with E-state index < -0.39 is 22.5 Å². The fourth-order valence-electron chi connectivity index (χ4n) is 1.75. The summed E-state index contributed by atoms with van der Waals surface area (Å²) in [6.07, 6.45) is 3.99. The number of nitrogens with two attached hydrogens (primary N) is 1. The molecule has 128 valence electrons. The summed E-state index contributed by atoms with van der Waals surface area (Å²) < 4.78 is 27.1. The molecule has 5 N–H and O–H groups in total. The number of nitrogen functional groups attached to an aromatic ring is 1. The molecule has 0 spiro atoms. The summed E-state index contributed by atoms with van der Waals surface area (Å²) in [5, 5.41) is 15.4. The first-order valence-electron chi connectivity index (χ1n) is 7.06. The summed E-state index contributed by atoms with van der Waals surface area (Å²) >= 11 is 0. The van der Waals surface area contributed by atoms with E-state index in [1.807, 2.05) is 66.7 Å². The van der Waals surface area contributed by atoms with Crippen LogP contribution in [0.1, 0.15) is 16.7 Å². The molecule has 2 rings (SSSR count). The van der Waals surface area contributed by atoms with E-state index in [0.29, 0.717) is 0 Å². The van der Waals surface area contributed by atoms with Crippen LogP contribution >= 0.6 is 0 Å². The highest BCUT2D eigenvalue weighted by Gasteiger charge is 2.00. The summed E-state index contributed by atoms with van der Waals surface area (Å²) in [4.78, 5) is 0. The maximum Gasteiger partial charge on any atom is 0.267 e. The quantitative estimate of drug-likeness (QED) is 0.285. The number of hydrogen-bond donors (Lipinski definition) is 4. The molecule has 0 radical (unpaired) electrons. The Balaban J connectivity index is 0.000000351. The molecule has 7 heteroatoms. The van der Waals surface area contributed by atoms with Gasteiger partial charge < -0.3 is 10.8 Å². The Morgan fingerprint density at radius 2 is 1.62 bits per heavy atom. The summed E-state index contributed by atoms with van der Waals surface area (Å²) in [6.45, 7) is -0.529. The maximum atomic E-state index is 9.63. The summed E-state index contributed by atoms with van der Waals surface area (Å²) in [5.74, 6) is -0.481. The van der Waals surface area contributed by atoms with Crippen LogP contribution in [-0.4, -0.2) is 36.3 Å². The molecule has 0 unspecified atom stereocenters. The average Bonchev–Trinajstić information content (AvgIpc) is 2.53. The van der Waals surface area contributed by atoms with Crippen LogP contribution in [0.4, 0.5) is 0 Å². The van der Waals surface area contributed by atoms with E-state index in [-0.39, 0.29) is 5.84 Å². The van der Waals surface area contributed by atoms with Crippen LogP contribution < -0.4 is 5.73 Å². The van der Waals surface area contributed by atoms with Crippen molar-refractivity contribution in [2.75, 3.05) is 12.4 Å². The minimum atomic E-state index is -3.92. The number of benzene rings is 2. The lowest BCUT2D eigenvalue weighted by atomic mass is 10.1. The Hall–Kier alpha value is -2.48. The van der Waals surface area contributed by atoms with Gasteiger partial charge in [-0.2, -0.15) is 8.42 Å². The average molecular weight is 348 g/mol. The van der Waals surface area contributed by atoms with Gasteiger partial charge in [-0.1, -0.05) is 66.7 Å². The zero-order chi connectivity index (χ0) is 18.0. The van der Waals surface area contributed by atoms with Crippen LogP contribution in [0.5, 0.6) is 0 Å². The molecule has 0 saturated heterocycles. The molecule has 6 nitrogen and oxygen atoms in total. The maximum absolute atomic E-state index is 9.63. The van der Waals surface area contributed by atoms with Crippen LogP contribution in [0.3, 0.4) is 0 Å². The predicted octanol–water partition coefficient (Wildman–Crippen LogP) is 2.01. The molecule has 2 aromatic carbocycles. The second-order valence-corrected chi connectivity index (χ2v) is 6.33. The first kappa shape index (κ1) is 19.6. The molecule has 0 amide bonds. The van der Waals surface area contributed by atoms with Gasteiger partial charge >= 0.3 is 0 Å². The van der Waals surface area contributed by atoms with E-state index in [1.54, 1.807) is 0 Å². The molecule has 0 bridgehead atoms. The van der Waals surface area contributed by atoms with Crippen molar-refractivity contribution in [3.63, 3.8) is 0 Å². The van der Waals surface area contributed by atoms with Gasteiger partial charge in [0.25, 0.3) is 10.1 Å². The summed E-state index contributed by atoms with van der Waals surface area (Å²) in [5.41, 5.74) is 8.39. The van der Waals surface area contributed by atoms with Gasteiger partial charge in [0.15, 0.2) is 0 Å². The van der Waals surface area contributed by atoms with Crippen molar-refractivity contribution < 1.29 is 18.1 Å². The predicted molar refractivity (Wildman–Crippen MR) is 96.3 cm³/mol. The smallest absolute Gasteiger partial charge is 0.267 e. The van der Waals surface area contributed by atoms with Gasteiger partial charge in [-0.15, -0.1) is 0 Å². The van der Waals surface area contributed by atoms with Crippen molar-refractivity contribution in [1.29, 1.82) is 5.41 Å². The molecule has 0 heterocycles. The molecule has 0 fully saturated rings. The van der Waals surface area contributed by atoms with E-state index in [2.05, 4.69) is 0 Å². The van der Waals surface area contributed by atoms with Gasteiger partial charge in [0.05, 0.1) is 12.4 Å². The van der Waals surface area contributed by atoms with Gasteiger partial charge in [0, 0.05) is 5.56 Å². The summed E-state index contributed by atoms with van der Waals surface area (Å²) in [7, 11) is -3.92. The number of hydrogen-bond acceptors (Lipinski definition) is 4. The first-order chi connectivity index (χ1) is 11.3. The van der Waals surface area contributed by atoms with Crippen LogP contribution in [0.2, 0.25) is 0 Å². The topological polar surface area (TPSA) is 124 Å². The van der Waals surface area contributed by atoms with Gasteiger partial charge in [-0.3, -0.25) is 9.96 Å². The lowest BCUT2D eigenvalue weighted by molar-refractivity contribution is 0.315. The zero-order valence-electron chi connectivity index (χ0n) is 13.0. The van der Waals surface area contributed by atoms with Crippen LogP contribution in [0.15, 0.2) is 54.6 Å². The van der Waals surface area contributed by atoms with Crippen molar-refractivity contribution >= 4 is 28.1 Å². The lowest BCUT2D eigenvalue weighted by Crippen LogP contribution is -2.12. The third kappa shape index (κ3) is 7.68. The molecule has 0 atom stereocenters. The minimum absolute atomic E-state index is 0.0957. The third-order valence-electron chi connectivity index (χ3n) is 2.86. The van der Waals surface area contributed by atoms with Gasteiger partial charge in [-0.25, -0.2) is 0 Å². The molecule has 24 heavy (non-hydrogen) atoms. The second-order valence-electron chi connectivity index (χ2n) is 4.75. The number of amidine groups is 1. The molecule has 0 aliphatic carbocycles. The Morgan fingerprint density at radius 3 is 2.12 bits per heavy atom. The van der Waals surface area contributed by atoms with E-state index >= 15 is 0 Å². The Labute approximate surface area is 141 Å². The third-order valence-corrected chi connectivity index (χ3v) is 3.55. The highest BCUT2D eigenvalue weighted by Crippen LogP contribution is 2.12. The van der Waals surface area contributed by atoms with Gasteiger partial charge in [0.1, 0.15) is 5.84 Å². The van der Waals surface area contributed by atoms with Crippen molar-refractivity contribution in [3.8, 4) is 0 Å². The van der Waals surface area contributed by atoms with Crippen LogP contribution in [0, 0.1) is 5.41 Å². The van der Waals surface area contributed by atoms with E-state index in [4.69, 9.17) is 20.8 Å². The van der Waals surface area contributed by atoms with E-state index in [9.17, 15) is 8.42 Å². The number of aliphatic hydroxyl groups is 1. The molecular formula is C17H20N2O4S. The van der Waals surface area contributed by atoms with Crippen molar-refractivity contribution in [1.82, 2.24) is 0 Å². The van der Waals surface area contributed by atoms with E-state index in [1.165, 1.54) is 0 Å². The van der Waals surface area contributed by atoms with Crippen molar-refractivity contribution in [2.45, 2.75) is 0 Å². The number of rotatable bonds is 5. The molecular weight excluding hydrogens is 328 g/mol. The Morgan fingerprint density at radius 1 is 1.04 bits per heavy atom. The van der Waals surface area contributed by atoms with Gasteiger partial charge in [-0.05, 0) is 11.1 Å². The second kappa shape index (κ2) is 9.61. The van der Waals surface area contributed by atoms with Gasteiger partial charge in [0.2, 0.25) is 0 Å². The summed E-state index contributed by atoms with van der Waals surface area (Å²) in [6, 6.07) is 17.7. The Kier molecular flexibility index (Phi) is 7.84. The molecule has 2 aromatic rings. The van der Waals surface area contributed by atoms with Crippen molar-refractivity contribution in [3.05, 3.63) is 71.3 Å².